The molecule has 2 unspecified atom stereocenters. The van der Waals surface area contributed by atoms with Crippen molar-refractivity contribution in [3.05, 3.63) is 11.6 Å². The molecule has 2 atom stereocenters. The van der Waals surface area contributed by atoms with E-state index in [0.29, 0.717) is 5.57 Å². The lowest BCUT2D eigenvalue weighted by Gasteiger charge is -2.35. The van der Waals surface area contributed by atoms with Crippen LogP contribution < -0.4 is 10.6 Å². The fourth-order valence-corrected chi connectivity index (χ4v) is 3.14. The molecule has 0 aliphatic carbocycles. The van der Waals surface area contributed by atoms with Gasteiger partial charge in [-0.3, -0.25) is 14.4 Å². The second-order valence-corrected chi connectivity index (χ2v) is 8.44. The van der Waals surface area contributed by atoms with Gasteiger partial charge in [0.1, 0.15) is 6.04 Å². The van der Waals surface area contributed by atoms with Gasteiger partial charge in [0.2, 0.25) is 17.7 Å². The number of likely N-dealkylation sites (tertiary alicyclic amines) is 1. The standard InChI is InChI=1S/C20H36N4O3/c1-14(18(26)24-10-8-9-11-24)12-15(2)23(7)19(27)17(20(3,4)5)22-16(25)13-21-6/h12,15,17,21H,8-11,13H2,1-7H3,(H,22,25)/b14-12+. The number of hydrogen-bond donors (Lipinski definition) is 2. The molecule has 2 N–H and O–H groups in total. The van der Waals surface area contributed by atoms with Gasteiger partial charge < -0.3 is 20.4 Å². The lowest BCUT2D eigenvalue weighted by molar-refractivity contribution is -0.139. The summed E-state index contributed by atoms with van der Waals surface area (Å²) in [4.78, 5) is 41.0. The third-order valence-corrected chi connectivity index (χ3v) is 4.94. The third kappa shape index (κ3) is 6.65. The molecule has 0 radical (unpaired) electrons. The molecule has 27 heavy (non-hydrogen) atoms. The van der Waals surface area contributed by atoms with E-state index in [1.54, 1.807) is 25.9 Å². The smallest absolute Gasteiger partial charge is 0.249 e. The normalized spacial score (nSPS) is 17.4. The summed E-state index contributed by atoms with van der Waals surface area (Å²) >= 11 is 0. The minimum atomic E-state index is -0.645. The first-order valence-electron chi connectivity index (χ1n) is 9.67. The summed E-state index contributed by atoms with van der Waals surface area (Å²) in [6, 6.07) is -0.899. The van der Waals surface area contributed by atoms with Crippen molar-refractivity contribution in [2.24, 2.45) is 5.41 Å². The fourth-order valence-electron chi connectivity index (χ4n) is 3.14. The summed E-state index contributed by atoms with van der Waals surface area (Å²) in [5.41, 5.74) is 0.217. The number of rotatable bonds is 7. The van der Waals surface area contributed by atoms with E-state index in [4.69, 9.17) is 0 Å². The third-order valence-electron chi connectivity index (χ3n) is 4.94. The maximum atomic E-state index is 13.0. The van der Waals surface area contributed by atoms with Crippen molar-refractivity contribution < 1.29 is 14.4 Å². The Morgan fingerprint density at radius 3 is 2.22 bits per heavy atom. The van der Waals surface area contributed by atoms with Gasteiger partial charge in [0.15, 0.2) is 0 Å². The largest absolute Gasteiger partial charge is 0.343 e. The van der Waals surface area contributed by atoms with Gasteiger partial charge in [0.25, 0.3) is 0 Å². The Labute approximate surface area is 163 Å². The van der Waals surface area contributed by atoms with Crippen molar-refractivity contribution in [3.63, 3.8) is 0 Å². The Bertz CT molecular complexity index is 574. The van der Waals surface area contributed by atoms with Crippen LogP contribution in [-0.2, 0) is 14.4 Å². The van der Waals surface area contributed by atoms with E-state index >= 15 is 0 Å². The molecule has 154 valence electrons. The Morgan fingerprint density at radius 2 is 1.74 bits per heavy atom. The van der Waals surface area contributed by atoms with Crippen LogP contribution in [0, 0.1) is 5.41 Å². The maximum absolute atomic E-state index is 13.0. The average molecular weight is 381 g/mol. The number of likely N-dealkylation sites (N-methyl/N-ethyl adjacent to an activating group) is 2. The summed E-state index contributed by atoms with van der Waals surface area (Å²) in [6.45, 7) is 11.2. The number of nitrogens with zero attached hydrogens (tertiary/aromatic N) is 2. The van der Waals surface area contributed by atoms with Crippen molar-refractivity contribution in [3.8, 4) is 0 Å². The molecule has 0 aromatic carbocycles. The summed E-state index contributed by atoms with van der Waals surface area (Å²) < 4.78 is 0. The predicted molar refractivity (Wildman–Crippen MR) is 107 cm³/mol. The van der Waals surface area contributed by atoms with Crippen LogP contribution in [0.3, 0.4) is 0 Å². The lowest BCUT2D eigenvalue weighted by atomic mass is 9.85. The van der Waals surface area contributed by atoms with Crippen LogP contribution in [0.4, 0.5) is 0 Å². The molecule has 1 fully saturated rings. The molecule has 7 heteroatoms. The van der Waals surface area contributed by atoms with Crippen LogP contribution in [0.2, 0.25) is 0 Å². The highest BCUT2D eigenvalue weighted by Gasteiger charge is 2.35. The molecule has 0 aromatic heterocycles. The first-order chi connectivity index (χ1) is 12.5. The highest BCUT2D eigenvalue weighted by atomic mass is 16.2. The second-order valence-electron chi connectivity index (χ2n) is 8.44. The SMILES string of the molecule is CNCC(=O)NC(C(=O)N(C)C(C)/C=C(\C)C(=O)N1CCCC1)C(C)(C)C. The number of nitrogens with one attached hydrogen (secondary N) is 2. The van der Waals surface area contributed by atoms with Crippen LogP contribution in [0.15, 0.2) is 11.6 Å². The molecule has 0 aromatic rings. The van der Waals surface area contributed by atoms with E-state index in [-0.39, 0.29) is 30.3 Å². The van der Waals surface area contributed by atoms with Gasteiger partial charge in [0.05, 0.1) is 6.54 Å². The number of carbonyl (C=O) groups excluding carboxylic acids is 3. The fraction of sp³-hybridized carbons (Fsp3) is 0.750. The van der Waals surface area contributed by atoms with Gasteiger partial charge in [-0.25, -0.2) is 0 Å². The van der Waals surface area contributed by atoms with E-state index in [2.05, 4.69) is 10.6 Å². The monoisotopic (exact) mass is 380 g/mol. The quantitative estimate of drug-likeness (QED) is 0.649. The van der Waals surface area contributed by atoms with Crippen LogP contribution in [0.5, 0.6) is 0 Å². The van der Waals surface area contributed by atoms with Gasteiger partial charge in [-0.05, 0) is 39.2 Å². The molecule has 1 aliphatic heterocycles. The van der Waals surface area contributed by atoms with Gasteiger partial charge in [-0.2, -0.15) is 0 Å². The highest BCUT2D eigenvalue weighted by Crippen LogP contribution is 2.22. The van der Waals surface area contributed by atoms with E-state index in [1.807, 2.05) is 38.7 Å². The second kappa shape index (κ2) is 9.88. The maximum Gasteiger partial charge on any atom is 0.249 e. The summed E-state index contributed by atoms with van der Waals surface area (Å²) in [7, 11) is 3.40. The first kappa shape index (κ1) is 23.1. The molecular formula is C20H36N4O3. The minimum absolute atomic E-state index is 0.0369. The summed E-state index contributed by atoms with van der Waals surface area (Å²) in [5.74, 6) is -0.352. The Balaban J connectivity index is 2.87. The van der Waals surface area contributed by atoms with E-state index < -0.39 is 11.5 Å². The number of hydrogen-bond acceptors (Lipinski definition) is 4. The zero-order valence-electron chi connectivity index (χ0n) is 17.9. The van der Waals surface area contributed by atoms with Crippen LogP contribution in [0.1, 0.15) is 47.5 Å². The van der Waals surface area contributed by atoms with Crippen molar-refractivity contribution >= 4 is 17.7 Å². The van der Waals surface area contributed by atoms with E-state index in [1.165, 1.54) is 0 Å². The lowest BCUT2D eigenvalue weighted by Crippen LogP contribution is -2.56. The van der Waals surface area contributed by atoms with Gasteiger partial charge in [0, 0.05) is 31.8 Å². The van der Waals surface area contributed by atoms with Crippen molar-refractivity contribution in [1.82, 2.24) is 20.4 Å². The molecule has 3 amide bonds. The summed E-state index contributed by atoms with van der Waals surface area (Å²) in [6.07, 6.45) is 3.92. The summed E-state index contributed by atoms with van der Waals surface area (Å²) in [5, 5.41) is 5.62. The Morgan fingerprint density at radius 1 is 1.19 bits per heavy atom. The zero-order valence-corrected chi connectivity index (χ0v) is 17.9. The average Bonchev–Trinajstić information content (AvgIpc) is 3.11. The van der Waals surface area contributed by atoms with Gasteiger partial charge in [-0.1, -0.05) is 26.8 Å². The molecule has 1 heterocycles. The first-order valence-corrected chi connectivity index (χ1v) is 9.67. The molecule has 7 nitrogen and oxygen atoms in total. The van der Waals surface area contributed by atoms with Crippen molar-refractivity contribution in [2.45, 2.75) is 59.5 Å². The predicted octanol–water partition coefficient (Wildman–Crippen LogP) is 1.15. The zero-order chi connectivity index (χ0) is 20.8. The van der Waals surface area contributed by atoms with E-state index in [0.717, 1.165) is 25.9 Å². The van der Waals surface area contributed by atoms with Gasteiger partial charge >= 0.3 is 0 Å². The molecule has 0 saturated carbocycles. The van der Waals surface area contributed by atoms with Crippen LogP contribution in [0.25, 0.3) is 0 Å². The van der Waals surface area contributed by atoms with Crippen LogP contribution in [-0.4, -0.2) is 73.3 Å². The van der Waals surface area contributed by atoms with Gasteiger partial charge in [-0.15, -0.1) is 0 Å². The van der Waals surface area contributed by atoms with E-state index in [9.17, 15) is 14.4 Å². The molecule has 1 aliphatic rings. The highest BCUT2D eigenvalue weighted by molar-refractivity contribution is 5.93. The topological polar surface area (TPSA) is 81.8 Å². The Kier molecular flexibility index (Phi) is 8.47. The van der Waals surface area contributed by atoms with Crippen LogP contribution >= 0.6 is 0 Å². The van der Waals surface area contributed by atoms with Crippen molar-refractivity contribution in [2.75, 3.05) is 33.7 Å². The molecule has 1 saturated heterocycles. The molecular weight excluding hydrogens is 344 g/mol. The minimum Gasteiger partial charge on any atom is -0.343 e. The number of carbonyl (C=O) groups is 3. The molecule has 1 rings (SSSR count). The molecule has 0 spiro atoms. The number of amides is 3. The molecule has 0 bridgehead atoms. The van der Waals surface area contributed by atoms with Crippen molar-refractivity contribution in [1.29, 1.82) is 0 Å². The Hall–Kier alpha value is -1.89.